The van der Waals surface area contributed by atoms with Gasteiger partial charge in [0.15, 0.2) is 5.69 Å². The number of halogens is 1. The maximum Gasteiger partial charge on any atom is 0.226 e. The molecule has 0 aliphatic rings. The van der Waals surface area contributed by atoms with Crippen molar-refractivity contribution < 1.29 is 0 Å². The van der Waals surface area contributed by atoms with Crippen LogP contribution in [0.1, 0.15) is 5.69 Å². The zero-order valence-corrected chi connectivity index (χ0v) is 7.87. The van der Waals surface area contributed by atoms with E-state index in [0.717, 1.165) is 5.69 Å². The number of rotatable bonds is 1. The van der Waals surface area contributed by atoms with Crippen LogP contribution in [0.2, 0.25) is 5.02 Å². The third-order valence-electron chi connectivity index (χ3n) is 1.82. The molecule has 2 aromatic heterocycles. The number of tetrazole rings is 1. The Morgan fingerprint density at radius 3 is 2.69 bits per heavy atom. The van der Waals surface area contributed by atoms with Crippen LogP contribution in [0.25, 0.3) is 11.5 Å². The van der Waals surface area contributed by atoms with Crippen LogP contribution in [0, 0.1) is 6.92 Å². The molecule has 0 radical (unpaired) electrons. The molecule has 0 spiro atoms. The quantitative estimate of drug-likeness (QED) is 0.727. The van der Waals surface area contributed by atoms with Crippen LogP contribution in [-0.2, 0) is 7.05 Å². The van der Waals surface area contributed by atoms with E-state index in [1.54, 1.807) is 4.68 Å². The zero-order chi connectivity index (χ0) is 9.42. The number of aromatic amines is 1. The number of aromatic nitrogens is 6. The number of nitrogens with zero attached hydrogens (tertiary/aromatic N) is 5. The van der Waals surface area contributed by atoms with Crippen molar-refractivity contribution in [2.24, 2.45) is 7.05 Å². The molecule has 1 N–H and O–H groups in total. The van der Waals surface area contributed by atoms with Gasteiger partial charge >= 0.3 is 0 Å². The highest BCUT2D eigenvalue weighted by Crippen LogP contribution is 2.25. The largest absolute Gasteiger partial charge is 0.271 e. The van der Waals surface area contributed by atoms with E-state index in [1.807, 2.05) is 14.0 Å². The Morgan fingerprint density at radius 1 is 1.46 bits per heavy atom. The van der Waals surface area contributed by atoms with Crippen molar-refractivity contribution in [2.75, 3.05) is 0 Å². The monoisotopic (exact) mass is 198 g/mol. The van der Waals surface area contributed by atoms with E-state index < -0.39 is 0 Å². The molecule has 2 heterocycles. The van der Waals surface area contributed by atoms with Gasteiger partial charge in [0.2, 0.25) is 5.82 Å². The van der Waals surface area contributed by atoms with Crippen molar-refractivity contribution in [3.8, 4) is 11.5 Å². The molecule has 2 aromatic rings. The summed E-state index contributed by atoms with van der Waals surface area (Å²) in [6.45, 7) is 1.87. The van der Waals surface area contributed by atoms with Gasteiger partial charge in [-0.05, 0) is 12.1 Å². The highest BCUT2D eigenvalue weighted by Gasteiger charge is 2.15. The SMILES string of the molecule is Cc1c(Cl)c(-c2nn[nH]n2)nn1C. The summed E-state index contributed by atoms with van der Waals surface area (Å²) in [6, 6.07) is 0. The lowest BCUT2D eigenvalue weighted by Gasteiger charge is -1.89. The van der Waals surface area contributed by atoms with Crippen LogP contribution in [0.3, 0.4) is 0 Å². The molecule has 0 unspecified atom stereocenters. The van der Waals surface area contributed by atoms with Crippen LogP contribution in [-0.4, -0.2) is 30.4 Å². The van der Waals surface area contributed by atoms with Crippen molar-refractivity contribution in [1.29, 1.82) is 0 Å². The Bertz CT molecular complexity index is 417. The lowest BCUT2D eigenvalue weighted by molar-refractivity contribution is 0.741. The molecule has 0 bridgehead atoms. The molecule has 7 heteroatoms. The number of hydrogen-bond donors (Lipinski definition) is 1. The minimum Gasteiger partial charge on any atom is -0.271 e. The Morgan fingerprint density at radius 2 is 2.23 bits per heavy atom. The summed E-state index contributed by atoms with van der Waals surface area (Å²) in [4.78, 5) is 0. The van der Waals surface area contributed by atoms with Gasteiger partial charge in [0.05, 0.1) is 10.7 Å². The summed E-state index contributed by atoms with van der Waals surface area (Å²) >= 11 is 6.00. The molecule has 0 saturated heterocycles. The van der Waals surface area contributed by atoms with Gasteiger partial charge in [-0.1, -0.05) is 11.6 Å². The number of nitrogens with one attached hydrogen (secondary N) is 1. The van der Waals surface area contributed by atoms with E-state index in [9.17, 15) is 0 Å². The second-order valence-electron chi connectivity index (χ2n) is 2.61. The van der Waals surface area contributed by atoms with E-state index in [1.165, 1.54) is 0 Å². The smallest absolute Gasteiger partial charge is 0.226 e. The maximum atomic E-state index is 6.00. The lowest BCUT2D eigenvalue weighted by Crippen LogP contribution is -1.92. The zero-order valence-electron chi connectivity index (χ0n) is 7.11. The summed E-state index contributed by atoms with van der Waals surface area (Å²) in [6.07, 6.45) is 0. The molecule has 0 fully saturated rings. The average Bonchev–Trinajstić information content (AvgIpc) is 2.70. The van der Waals surface area contributed by atoms with Crippen molar-refractivity contribution in [3.05, 3.63) is 10.7 Å². The van der Waals surface area contributed by atoms with Crippen molar-refractivity contribution in [3.63, 3.8) is 0 Å². The van der Waals surface area contributed by atoms with Gasteiger partial charge in [0.1, 0.15) is 0 Å². The molecule has 0 atom stereocenters. The fraction of sp³-hybridized carbons (Fsp3) is 0.333. The molecule has 0 saturated carbocycles. The summed E-state index contributed by atoms with van der Waals surface area (Å²) in [5, 5.41) is 18.1. The molecule has 13 heavy (non-hydrogen) atoms. The van der Waals surface area contributed by atoms with Crippen molar-refractivity contribution in [2.45, 2.75) is 6.92 Å². The van der Waals surface area contributed by atoms with E-state index in [2.05, 4.69) is 25.7 Å². The second-order valence-corrected chi connectivity index (χ2v) is 2.98. The van der Waals surface area contributed by atoms with E-state index in [4.69, 9.17) is 11.6 Å². The molecular formula is C6H7ClN6. The predicted octanol–water partition coefficient (Wildman–Crippen LogP) is 0.562. The maximum absolute atomic E-state index is 6.00. The second kappa shape index (κ2) is 2.81. The van der Waals surface area contributed by atoms with Crippen LogP contribution in [0.5, 0.6) is 0 Å². The Hall–Kier alpha value is -1.43. The number of aryl methyl sites for hydroxylation is 1. The van der Waals surface area contributed by atoms with Gasteiger partial charge in [0, 0.05) is 7.05 Å². The Labute approximate surface area is 78.9 Å². The predicted molar refractivity (Wildman–Crippen MR) is 46.1 cm³/mol. The molecule has 6 nitrogen and oxygen atoms in total. The molecule has 2 rings (SSSR count). The van der Waals surface area contributed by atoms with Crippen molar-refractivity contribution in [1.82, 2.24) is 30.4 Å². The molecule has 68 valence electrons. The van der Waals surface area contributed by atoms with Crippen LogP contribution in [0.4, 0.5) is 0 Å². The molecule has 0 aliphatic carbocycles. The molecule has 0 aliphatic heterocycles. The summed E-state index contributed by atoms with van der Waals surface area (Å²) < 4.78 is 1.67. The summed E-state index contributed by atoms with van der Waals surface area (Å²) in [5.74, 6) is 0.411. The first-order valence-electron chi connectivity index (χ1n) is 3.63. The first-order valence-corrected chi connectivity index (χ1v) is 4.01. The van der Waals surface area contributed by atoms with Crippen LogP contribution >= 0.6 is 11.6 Å². The van der Waals surface area contributed by atoms with E-state index in [-0.39, 0.29) is 0 Å². The van der Waals surface area contributed by atoms with Gasteiger partial charge in [-0.15, -0.1) is 10.2 Å². The normalized spacial score (nSPS) is 10.7. The molecule has 0 aromatic carbocycles. The Kier molecular flexibility index (Phi) is 1.77. The summed E-state index contributed by atoms with van der Waals surface area (Å²) in [5.41, 5.74) is 1.43. The highest BCUT2D eigenvalue weighted by atomic mass is 35.5. The number of H-pyrrole nitrogens is 1. The summed E-state index contributed by atoms with van der Waals surface area (Å²) in [7, 11) is 1.81. The third kappa shape index (κ3) is 1.19. The van der Waals surface area contributed by atoms with Crippen LogP contribution in [0.15, 0.2) is 0 Å². The van der Waals surface area contributed by atoms with Gasteiger partial charge in [-0.3, -0.25) is 4.68 Å². The average molecular weight is 199 g/mol. The minimum atomic E-state index is 0.411. The highest BCUT2D eigenvalue weighted by molar-refractivity contribution is 6.33. The van der Waals surface area contributed by atoms with E-state index in [0.29, 0.717) is 16.5 Å². The van der Waals surface area contributed by atoms with Gasteiger partial charge in [-0.2, -0.15) is 10.3 Å². The standard InChI is InChI=1S/C6H7ClN6/c1-3-4(7)5(10-13(3)2)6-8-11-12-9-6/h1-2H3,(H,8,9,11,12). The first kappa shape index (κ1) is 8.18. The lowest BCUT2D eigenvalue weighted by atomic mass is 10.3. The molecular weight excluding hydrogens is 192 g/mol. The fourth-order valence-corrected chi connectivity index (χ4v) is 1.23. The fourth-order valence-electron chi connectivity index (χ4n) is 0.987. The minimum absolute atomic E-state index is 0.411. The third-order valence-corrected chi connectivity index (χ3v) is 2.27. The topological polar surface area (TPSA) is 72.3 Å². The van der Waals surface area contributed by atoms with Gasteiger partial charge < -0.3 is 0 Å². The van der Waals surface area contributed by atoms with Crippen molar-refractivity contribution >= 4 is 11.6 Å². The number of hydrogen-bond acceptors (Lipinski definition) is 4. The van der Waals surface area contributed by atoms with E-state index >= 15 is 0 Å². The molecule has 0 amide bonds. The van der Waals surface area contributed by atoms with Gasteiger partial charge in [-0.25, -0.2) is 0 Å². The van der Waals surface area contributed by atoms with Crippen LogP contribution < -0.4 is 0 Å². The van der Waals surface area contributed by atoms with Gasteiger partial charge in [0.25, 0.3) is 0 Å². The Balaban J connectivity index is 2.59. The first-order chi connectivity index (χ1) is 6.20.